The van der Waals surface area contributed by atoms with Gasteiger partial charge in [-0.3, -0.25) is 0 Å². The van der Waals surface area contributed by atoms with Gasteiger partial charge in [-0.25, -0.2) is 9.79 Å². The van der Waals surface area contributed by atoms with Crippen LogP contribution < -0.4 is 0 Å². The molecule has 0 saturated carbocycles. The van der Waals surface area contributed by atoms with E-state index in [0.717, 1.165) is 0 Å². The standard InChI is InChI=1S/C14H19NO/c1-10-6-11(2)13(12(3)7-10)14(4,5)8-15-9-16/h6-7H,8H2,1-5H3. The van der Waals surface area contributed by atoms with E-state index in [9.17, 15) is 4.79 Å². The van der Waals surface area contributed by atoms with Crippen molar-refractivity contribution in [2.45, 2.75) is 40.0 Å². The molecule has 0 unspecified atom stereocenters. The lowest BCUT2D eigenvalue weighted by molar-refractivity contribution is 0.521. The van der Waals surface area contributed by atoms with Crippen molar-refractivity contribution in [3.05, 3.63) is 34.4 Å². The summed E-state index contributed by atoms with van der Waals surface area (Å²) < 4.78 is 0. The summed E-state index contributed by atoms with van der Waals surface area (Å²) in [5, 5.41) is 0. The second-order valence-electron chi connectivity index (χ2n) is 5.07. The molecule has 0 N–H and O–H groups in total. The molecule has 16 heavy (non-hydrogen) atoms. The predicted octanol–water partition coefficient (Wildman–Crippen LogP) is 3.23. The number of hydrogen-bond donors (Lipinski definition) is 0. The summed E-state index contributed by atoms with van der Waals surface area (Å²) >= 11 is 0. The molecule has 0 amide bonds. The lowest BCUT2D eigenvalue weighted by atomic mass is 9.79. The Balaban J connectivity index is 3.26. The highest BCUT2D eigenvalue weighted by Crippen LogP contribution is 2.30. The van der Waals surface area contributed by atoms with E-state index in [4.69, 9.17) is 0 Å². The van der Waals surface area contributed by atoms with Crippen molar-refractivity contribution in [3.8, 4) is 0 Å². The molecule has 0 heterocycles. The molecule has 2 nitrogen and oxygen atoms in total. The monoisotopic (exact) mass is 217 g/mol. The van der Waals surface area contributed by atoms with Crippen LogP contribution in [0.5, 0.6) is 0 Å². The molecule has 0 bridgehead atoms. The van der Waals surface area contributed by atoms with E-state index in [1.807, 2.05) is 0 Å². The minimum absolute atomic E-state index is 0.112. The SMILES string of the molecule is Cc1cc(C)c(C(C)(C)CN=C=O)c(C)c1. The number of aliphatic imine (C=N–C) groups is 1. The highest BCUT2D eigenvalue weighted by molar-refractivity contribution is 5.43. The molecule has 0 aliphatic carbocycles. The Hall–Kier alpha value is -1.40. The van der Waals surface area contributed by atoms with Gasteiger partial charge >= 0.3 is 0 Å². The number of carbonyl (C=O) groups excluding carboxylic acids is 1. The van der Waals surface area contributed by atoms with Crippen LogP contribution >= 0.6 is 0 Å². The summed E-state index contributed by atoms with van der Waals surface area (Å²) in [7, 11) is 0. The third kappa shape index (κ3) is 2.59. The molecule has 86 valence electrons. The van der Waals surface area contributed by atoms with Crippen molar-refractivity contribution < 1.29 is 4.79 Å². The predicted molar refractivity (Wildman–Crippen MR) is 66.7 cm³/mol. The Morgan fingerprint density at radius 2 is 1.69 bits per heavy atom. The smallest absolute Gasteiger partial charge is 0.211 e. The fraction of sp³-hybridized carbons (Fsp3) is 0.500. The molecule has 1 aromatic rings. The van der Waals surface area contributed by atoms with Gasteiger partial charge in [-0.05, 0) is 37.5 Å². The van der Waals surface area contributed by atoms with Gasteiger partial charge in [0, 0.05) is 5.41 Å². The van der Waals surface area contributed by atoms with Crippen molar-refractivity contribution in [2.75, 3.05) is 6.54 Å². The van der Waals surface area contributed by atoms with E-state index in [-0.39, 0.29) is 5.41 Å². The number of isocyanates is 1. The quantitative estimate of drug-likeness (QED) is 0.564. The Bertz CT molecular complexity index is 417. The zero-order valence-corrected chi connectivity index (χ0v) is 10.7. The molecular formula is C14H19NO. The van der Waals surface area contributed by atoms with Gasteiger partial charge in [0.05, 0.1) is 6.54 Å². The van der Waals surface area contributed by atoms with Crippen LogP contribution in [0.25, 0.3) is 0 Å². The van der Waals surface area contributed by atoms with Crippen LogP contribution in [-0.2, 0) is 10.2 Å². The Morgan fingerprint density at radius 3 is 2.12 bits per heavy atom. The minimum Gasteiger partial charge on any atom is -0.211 e. The molecular weight excluding hydrogens is 198 g/mol. The summed E-state index contributed by atoms with van der Waals surface area (Å²) in [6, 6.07) is 4.35. The maximum absolute atomic E-state index is 10.2. The first-order valence-corrected chi connectivity index (χ1v) is 5.50. The third-order valence-corrected chi connectivity index (χ3v) is 2.89. The summed E-state index contributed by atoms with van der Waals surface area (Å²) in [4.78, 5) is 13.9. The maximum atomic E-state index is 10.2. The first-order valence-electron chi connectivity index (χ1n) is 5.50. The number of nitrogens with zero attached hydrogens (tertiary/aromatic N) is 1. The van der Waals surface area contributed by atoms with Gasteiger partial charge in [0.2, 0.25) is 6.08 Å². The fourth-order valence-corrected chi connectivity index (χ4v) is 2.56. The van der Waals surface area contributed by atoms with Gasteiger partial charge in [0.1, 0.15) is 0 Å². The average molecular weight is 217 g/mol. The normalized spacial score (nSPS) is 11.1. The van der Waals surface area contributed by atoms with Gasteiger partial charge in [0.25, 0.3) is 0 Å². The Kier molecular flexibility index (Phi) is 3.66. The third-order valence-electron chi connectivity index (χ3n) is 2.89. The molecule has 0 aliphatic heterocycles. The number of benzene rings is 1. The van der Waals surface area contributed by atoms with Gasteiger partial charge in [0.15, 0.2) is 0 Å². The van der Waals surface area contributed by atoms with Crippen LogP contribution in [0.15, 0.2) is 17.1 Å². The zero-order chi connectivity index (χ0) is 12.3. The average Bonchev–Trinajstić information content (AvgIpc) is 2.12. The Morgan fingerprint density at radius 1 is 1.19 bits per heavy atom. The summed E-state index contributed by atoms with van der Waals surface area (Å²) in [6.07, 6.45) is 1.62. The lowest BCUT2D eigenvalue weighted by Crippen LogP contribution is -2.24. The zero-order valence-electron chi connectivity index (χ0n) is 10.7. The number of rotatable bonds is 3. The van der Waals surface area contributed by atoms with E-state index in [1.165, 1.54) is 22.3 Å². The van der Waals surface area contributed by atoms with Crippen LogP contribution in [0.3, 0.4) is 0 Å². The van der Waals surface area contributed by atoms with Crippen LogP contribution in [0.4, 0.5) is 0 Å². The summed E-state index contributed by atoms with van der Waals surface area (Å²) in [6.45, 7) is 11.0. The second-order valence-corrected chi connectivity index (χ2v) is 5.07. The van der Waals surface area contributed by atoms with Gasteiger partial charge in [-0.15, -0.1) is 0 Å². The van der Waals surface area contributed by atoms with Gasteiger partial charge < -0.3 is 0 Å². The highest BCUT2D eigenvalue weighted by Gasteiger charge is 2.24. The van der Waals surface area contributed by atoms with Gasteiger partial charge in [-0.2, -0.15) is 0 Å². The van der Waals surface area contributed by atoms with Crippen LogP contribution in [-0.4, -0.2) is 12.6 Å². The molecule has 0 fully saturated rings. The van der Waals surface area contributed by atoms with E-state index in [2.05, 4.69) is 51.7 Å². The molecule has 0 radical (unpaired) electrons. The van der Waals surface area contributed by atoms with E-state index >= 15 is 0 Å². The van der Waals surface area contributed by atoms with Crippen molar-refractivity contribution in [3.63, 3.8) is 0 Å². The number of hydrogen-bond acceptors (Lipinski definition) is 2. The minimum atomic E-state index is -0.112. The Labute approximate surface area is 97.4 Å². The van der Waals surface area contributed by atoms with Crippen LogP contribution in [0.2, 0.25) is 0 Å². The second kappa shape index (κ2) is 4.63. The van der Waals surface area contributed by atoms with E-state index in [0.29, 0.717) is 6.54 Å². The molecule has 0 aromatic heterocycles. The van der Waals surface area contributed by atoms with E-state index in [1.54, 1.807) is 6.08 Å². The lowest BCUT2D eigenvalue weighted by Gasteiger charge is -2.27. The molecule has 1 rings (SSSR count). The molecule has 2 heteroatoms. The van der Waals surface area contributed by atoms with Crippen LogP contribution in [0, 0.1) is 20.8 Å². The summed E-state index contributed by atoms with van der Waals surface area (Å²) in [5.41, 5.74) is 4.98. The van der Waals surface area contributed by atoms with Crippen molar-refractivity contribution in [1.29, 1.82) is 0 Å². The van der Waals surface area contributed by atoms with Crippen molar-refractivity contribution >= 4 is 6.08 Å². The molecule has 0 aliphatic rings. The topological polar surface area (TPSA) is 29.4 Å². The molecule has 0 saturated heterocycles. The maximum Gasteiger partial charge on any atom is 0.234 e. The largest absolute Gasteiger partial charge is 0.234 e. The number of aryl methyl sites for hydroxylation is 3. The first kappa shape index (κ1) is 12.7. The fourth-order valence-electron chi connectivity index (χ4n) is 2.56. The van der Waals surface area contributed by atoms with Crippen molar-refractivity contribution in [2.24, 2.45) is 4.99 Å². The van der Waals surface area contributed by atoms with Crippen LogP contribution in [0.1, 0.15) is 36.1 Å². The summed E-state index contributed by atoms with van der Waals surface area (Å²) in [5.74, 6) is 0. The first-order chi connectivity index (χ1) is 7.38. The highest BCUT2D eigenvalue weighted by atomic mass is 16.1. The molecule has 1 aromatic carbocycles. The van der Waals surface area contributed by atoms with Gasteiger partial charge in [-0.1, -0.05) is 31.5 Å². The molecule has 0 spiro atoms. The van der Waals surface area contributed by atoms with E-state index < -0.39 is 0 Å². The molecule has 0 atom stereocenters. The van der Waals surface area contributed by atoms with Crippen molar-refractivity contribution in [1.82, 2.24) is 0 Å².